The first kappa shape index (κ1) is 11.2. The lowest BCUT2D eigenvalue weighted by atomic mass is 10.2. The van der Waals surface area contributed by atoms with E-state index in [0.29, 0.717) is 12.5 Å². The quantitative estimate of drug-likeness (QED) is 0.383. The molecule has 0 aromatic rings. The molecule has 14 heavy (non-hydrogen) atoms. The summed E-state index contributed by atoms with van der Waals surface area (Å²) in [5.74, 6) is 0. The molecule has 80 valence electrons. The predicted octanol–water partition coefficient (Wildman–Crippen LogP) is 1.64. The molecule has 1 aliphatic rings. The van der Waals surface area contributed by atoms with Crippen molar-refractivity contribution in [1.29, 1.82) is 0 Å². The first-order chi connectivity index (χ1) is 6.86. The van der Waals surface area contributed by atoms with Crippen LogP contribution in [-0.2, 0) is 9.53 Å². The van der Waals surface area contributed by atoms with Crippen molar-refractivity contribution in [2.24, 2.45) is 0 Å². The number of ether oxygens (including phenoxy) is 1. The zero-order valence-corrected chi connectivity index (χ0v) is 8.74. The molecule has 0 spiro atoms. The Bertz CT molecular complexity index is 192. The Balaban J connectivity index is 2.05. The summed E-state index contributed by atoms with van der Waals surface area (Å²) in [6.07, 6.45) is 8.64. The molecule has 2 unspecified atom stereocenters. The van der Waals surface area contributed by atoms with Gasteiger partial charge in [-0.15, -0.1) is 0 Å². The second-order valence-corrected chi connectivity index (χ2v) is 3.66. The van der Waals surface area contributed by atoms with E-state index in [1.807, 2.05) is 6.08 Å². The molecule has 3 nitrogen and oxygen atoms in total. The van der Waals surface area contributed by atoms with Crippen molar-refractivity contribution >= 4 is 6.47 Å². The van der Waals surface area contributed by atoms with Crippen LogP contribution in [0.1, 0.15) is 32.6 Å². The van der Waals surface area contributed by atoms with Crippen molar-refractivity contribution in [3.8, 4) is 0 Å². The van der Waals surface area contributed by atoms with Gasteiger partial charge in [0.15, 0.2) is 0 Å². The fourth-order valence-electron chi connectivity index (χ4n) is 1.65. The number of hydrogen-bond acceptors (Lipinski definition) is 3. The molecule has 1 aliphatic carbocycles. The van der Waals surface area contributed by atoms with E-state index in [4.69, 9.17) is 4.74 Å². The highest BCUT2D eigenvalue weighted by molar-refractivity contribution is 5.38. The molecule has 1 N–H and O–H groups in total. The van der Waals surface area contributed by atoms with Crippen molar-refractivity contribution in [2.75, 3.05) is 6.54 Å². The molecular weight excluding hydrogens is 178 g/mol. The van der Waals surface area contributed by atoms with Gasteiger partial charge < -0.3 is 10.1 Å². The van der Waals surface area contributed by atoms with E-state index in [-0.39, 0.29) is 6.10 Å². The van der Waals surface area contributed by atoms with E-state index >= 15 is 0 Å². The average Bonchev–Trinajstić information content (AvgIpc) is 2.61. The number of nitrogens with one attached hydrogen (secondary N) is 1. The molecule has 0 bridgehead atoms. The minimum absolute atomic E-state index is 0.0174. The Morgan fingerprint density at radius 3 is 3.07 bits per heavy atom. The molecule has 0 saturated heterocycles. The maximum Gasteiger partial charge on any atom is 0.293 e. The summed E-state index contributed by atoms with van der Waals surface area (Å²) in [4.78, 5) is 10.1. The minimum atomic E-state index is -0.0174. The summed E-state index contributed by atoms with van der Waals surface area (Å²) < 4.78 is 4.85. The van der Waals surface area contributed by atoms with Crippen molar-refractivity contribution in [2.45, 2.75) is 44.8 Å². The fourth-order valence-corrected chi connectivity index (χ4v) is 1.65. The van der Waals surface area contributed by atoms with Crippen LogP contribution in [0.2, 0.25) is 0 Å². The Morgan fingerprint density at radius 2 is 2.36 bits per heavy atom. The number of carbonyl (C=O) groups is 1. The molecule has 2 atom stereocenters. The van der Waals surface area contributed by atoms with Gasteiger partial charge in [0.1, 0.15) is 6.10 Å². The molecule has 0 saturated carbocycles. The Morgan fingerprint density at radius 1 is 1.50 bits per heavy atom. The van der Waals surface area contributed by atoms with Gasteiger partial charge in [0.05, 0.1) is 0 Å². The lowest BCUT2D eigenvalue weighted by Crippen LogP contribution is -2.28. The van der Waals surface area contributed by atoms with E-state index < -0.39 is 0 Å². The summed E-state index contributed by atoms with van der Waals surface area (Å²) in [5.41, 5.74) is 0. The van der Waals surface area contributed by atoms with Crippen LogP contribution in [0.25, 0.3) is 0 Å². The van der Waals surface area contributed by atoms with Gasteiger partial charge in [-0.2, -0.15) is 0 Å². The van der Waals surface area contributed by atoms with Crippen molar-refractivity contribution < 1.29 is 9.53 Å². The maximum atomic E-state index is 10.1. The van der Waals surface area contributed by atoms with Crippen molar-refractivity contribution in [1.82, 2.24) is 5.32 Å². The second-order valence-electron chi connectivity index (χ2n) is 3.66. The van der Waals surface area contributed by atoms with Crippen molar-refractivity contribution in [3.05, 3.63) is 12.2 Å². The highest BCUT2D eigenvalue weighted by atomic mass is 16.5. The number of hydrogen-bond donors (Lipinski definition) is 1. The van der Waals surface area contributed by atoms with Gasteiger partial charge in [-0.3, -0.25) is 4.79 Å². The van der Waals surface area contributed by atoms with Crippen LogP contribution >= 0.6 is 0 Å². The lowest BCUT2D eigenvalue weighted by molar-refractivity contribution is -0.131. The maximum absolute atomic E-state index is 10.1. The molecule has 0 aromatic carbocycles. The van der Waals surface area contributed by atoms with Gasteiger partial charge in [-0.05, 0) is 19.0 Å². The van der Waals surface area contributed by atoms with Gasteiger partial charge >= 0.3 is 0 Å². The number of carbonyl (C=O) groups excluding carboxylic acids is 1. The van der Waals surface area contributed by atoms with Crippen LogP contribution in [0, 0.1) is 0 Å². The summed E-state index contributed by atoms with van der Waals surface area (Å²) in [6.45, 7) is 3.77. The molecule has 0 radical (unpaired) electrons. The van der Waals surface area contributed by atoms with Crippen LogP contribution in [0.3, 0.4) is 0 Å². The third-order valence-corrected chi connectivity index (χ3v) is 2.46. The first-order valence-electron chi connectivity index (χ1n) is 5.37. The van der Waals surface area contributed by atoms with Crippen LogP contribution < -0.4 is 5.32 Å². The topological polar surface area (TPSA) is 38.3 Å². The molecule has 3 heteroatoms. The standard InChI is InChI=1S/C11H19NO2/c1-2-3-4-7-12-10-5-6-11(8-10)14-9-13/h5-6,9-12H,2-4,7-8H2,1H3. The Hall–Kier alpha value is -0.830. The van der Waals surface area contributed by atoms with E-state index in [2.05, 4.69) is 18.3 Å². The summed E-state index contributed by atoms with van der Waals surface area (Å²) in [5, 5.41) is 3.42. The zero-order valence-electron chi connectivity index (χ0n) is 8.74. The summed E-state index contributed by atoms with van der Waals surface area (Å²) >= 11 is 0. The van der Waals surface area contributed by atoms with Gasteiger partial charge in [0.25, 0.3) is 6.47 Å². The highest BCUT2D eigenvalue weighted by Gasteiger charge is 2.18. The average molecular weight is 197 g/mol. The number of unbranched alkanes of at least 4 members (excludes halogenated alkanes) is 2. The monoisotopic (exact) mass is 197 g/mol. The van der Waals surface area contributed by atoms with E-state index in [9.17, 15) is 4.79 Å². The van der Waals surface area contributed by atoms with Gasteiger partial charge in [-0.25, -0.2) is 0 Å². The van der Waals surface area contributed by atoms with E-state index in [0.717, 1.165) is 13.0 Å². The molecule has 0 heterocycles. The first-order valence-corrected chi connectivity index (χ1v) is 5.37. The molecule has 1 rings (SSSR count). The lowest BCUT2D eigenvalue weighted by Gasteiger charge is -2.12. The largest absolute Gasteiger partial charge is 0.460 e. The molecule has 0 aromatic heterocycles. The van der Waals surface area contributed by atoms with Crippen molar-refractivity contribution in [3.63, 3.8) is 0 Å². The van der Waals surface area contributed by atoms with Crippen LogP contribution in [-0.4, -0.2) is 25.2 Å². The Labute approximate surface area is 85.5 Å². The second kappa shape index (κ2) is 6.60. The Kier molecular flexibility index (Phi) is 5.30. The SMILES string of the molecule is CCCCCNC1C=CC(OC=O)C1. The minimum Gasteiger partial charge on any atom is -0.460 e. The van der Waals surface area contributed by atoms with E-state index in [1.165, 1.54) is 19.3 Å². The van der Waals surface area contributed by atoms with Gasteiger partial charge in [-0.1, -0.05) is 25.8 Å². The number of rotatable bonds is 7. The smallest absolute Gasteiger partial charge is 0.293 e. The fraction of sp³-hybridized carbons (Fsp3) is 0.727. The normalized spacial score (nSPS) is 25.2. The zero-order chi connectivity index (χ0) is 10.2. The predicted molar refractivity (Wildman–Crippen MR) is 56.0 cm³/mol. The van der Waals surface area contributed by atoms with Crippen LogP contribution in [0.5, 0.6) is 0 Å². The van der Waals surface area contributed by atoms with E-state index in [1.54, 1.807) is 0 Å². The molecule has 0 fully saturated rings. The molecule has 0 amide bonds. The summed E-state index contributed by atoms with van der Waals surface area (Å²) in [7, 11) is 0. The van der Waals surface area contributed by atoms with Gasteiger partial charge in [0, 0.05) is 12.5 Å². The third-order valence-electron chi connectivity index (χ3n) is 2.46. The van der Waals surface area contributed by atoms with Gasteiger partial charge in [0.2, 0.25) is 0 Å². The highest BCUT2D eigenvalue weighted by Crippen LogP contribution is 2.13. The molecular formula is C11H19NO2. The van der Waals surface area contributed by atoms with Crippen LogP contribution in [0.15, 0.2) is 12.2 Å². The molecule has 0 aliphatic heterocycles. The van der Waals surface area contributed by atoms with Crippen LogP contribution in [0.4, 0.5) is 0 Å². The third kappa shape index (κ3) is 3.92. The summed E-state index contributed by atoms with van der Waals surface area (Å²) in [6, 6.07) is 0.386.